The predicted octanol–water partition coefficient (Wildman–Crippen LogP) is 3.90. The first-order valence-corrected chi connectivity index (χ1v) is 8.90. The van der Waals surface area contributed by atoms with E-state index >= 15 is 0 Å². The van der Waals surface area contributed by atoms with E-state index in [-0.39, 0.29) is 5.91 Å². The van der Waals surface area contributed by atoms with Gasteiger partial charge in [0, 0.05) is 17.5 Å². The summed E-state index contributed by atoms with van der Waals surface area (Å²) in [6.45, 7) is 2.43. The number of carbonyl (C=O) groups excluding carboxylic acids is 1. The third kappa shape index (κ3) is 5.44. The number of para-hydroxylation sites is 1. The summed E-state index contributed by atoms with van der Waals surface area (Å²) in [7, 11) is 0. The van der Waals surface area contributed by atoms with E-state index in [0.29, 0.717) is 17.3 Å². The van der Waals surface area contributed by atoms with Gasteiger partial charge in [-0.25, -0.2) is 0 Å². The molecular formula is C16H22ClNO2S. The molecule has 1 atom stereocenters. The summed E-state index contributed by atoms with van der Waals surface area (Å²) in [6.07, 6.45) is 4.82. The monoisotopic (exact) mass is 327 g/mol. The second-order valence-corrected chi connectivity index (χ2v) is 7.07. The molecule has 1 aliphatic rings. The SMILES string of the molecule is C[C@H](Oc1ccccc1Cl)C(=O)NCCSC1CCCC1. The van der Waals surface area contributed by atoms with Crippen molar-refractivity contribution >= 4 is 29.3 Å². The number of amides is 1. The first kappa shape index (κ1) is 16.5. The molecule has 5 heteroatoms. The van der Waals surface area contributed by atoms with Crippen LogP contribution >= 0.6 is 23.4 Å². The average molecular weight is 328 g/mol. The van der Waals surface area contributed by atoms with Crippen molar-refractivity contribution in [2.45, 2.75) is 44.0 Å². The third-order valence-corrected chi connectivity index (χ3v) is 5.26. The topological polar surface area (TPSA) is 38.3 Å². The summed E-state index contributed by atoms with van der Waals surface area (Å²) < 4.78 is 5.59. The molecule has 1 fully saturated rings. The average Bonchev–Trinajstić information content (AvgIpc) is 2.99. The van der Waals surface area contributed by atoms with E-state index in [1.807, 2.05) is 23.9 Å². The lowest BCUT2D eigenvalue weighted by atomic mass is 10.3. The molecule has 0 saturated heterocycles. The van der Waals surface area contributed by atoms with E-state index < -0.39 is 6.10 Å². The lowest BCUT2D eigenvalue weighted by Crippen LogP contribution is -2.37. The minimum absolute atomic E-state index is 0.0954. The Hall–Kier alpha value is -0.870. The van der Waals surface area contributed by atoms with Crippen LogP contribution in [0.1, 0.15) is 32.6 Å². The Morgan fingerprint density at radius 2 is 2.14 bits per heavy atom. The Balaban J connectivity index is 1.66. The van der Waals surface area contributed by atoms with Crippen LogP contribution in [0, 0.1) is 0 Å². The number of nitrogens with one attached hydrogen (secondary N) is 1. The number of ether oxygens (including phenoxy) is 1. The summed E-state index contributed by atoms with van der Waals surface area (Å²) in [6, 6.07) is 7.19. The van der Waals surface area contributed by atoms with Crippen molar-refractivity contribution in [2.24, 2.45) is 0 Å². The van der Waals surface area contributed by atoms with Crippen molar-refractivity contribution in [1.82, 2.24) is 5.32 Å². The molecule has 21 heavy (non-hydrogen) atoms. The maximum absolute atomic E-state index is 12.0. The number of carbonyl (C=O) groups is 1. The van der Waals surface area contributed by atoms with Crippen LogP contribution in [0.2, 0.25) is 5.02 Å². The summed E-state index contributed by atoms with van der Waals surface area (Å²) >= 11 is 7.98. The largest absolute Gasteiger partial charge is 0.479 e. The number of benzene rings is 1. The van der Waals surface area contributed by atoms with Gasteiger partial charge in [0.15, 0.2) is 6.10 Å². The van der Waals surface area contributed by atoms with Gasteiger partial charge in [-0.2, -0.15) is 11.8 Å². The van der Waals surface area contributed by atoms with Crippen molar-refractivity contribution in [3.63, 3.8) is 0 Å². The summed E-state index contributed by atoms with van der Waals surface area (Å²) in [5.74, 6) is 1.42. The summed E-state index contributed by atoms with van der Waals surface area (Å²) in [5, 5.41) is 4.23. The van der Waals surface area contributed by atoms with Crippen molar-refractivity contribution in [1.29, 1.82) is 0 Å². The fourth-order valence-corrected chi connectivity index (χ4v) is 3.78. The molecule has 1 aromatic rings. The second kappa shape index (κ2) is 8.54. The molecule has 1 aromatic carbocycles. The molecule has 116 valence electrons. The number of rotatable bonds is 7. The number of hydrogen-bond acceptors (Lipinski definition) is 3. The summed E-state index contributed by atoms with van der Waals surface area (Å²) in [5.41, 5.74) is 0. The van der Waals surface area contributed by atoms with Crippen LogP contribution in [0.25, 0.3) is 0 Å². The van der Waals surface area contributed by atoms with Gasteiger partial charge in [0.1, 0.15) is 5.75 Å². The van der Waals surface area contributed by atoms with E-state index in [1.165, 1.54) is 25.7 Å². The zero-order valence-corrected chi connectivity index (χ0v) is 13.9. The molecule has 0 unspecified atom stereocenters. The van der Waals surface area contributed by atoms with Gasteiger partial charge < -0.3 is 10.1 Å². The van der Waals surface area contributed by atoms with Crippen LogP contribution < -0.4 is 10.1 Å². The number of hydrogen-bond donors (Lipinski definition) is 1. The van der Waals surface area contributed by atoms with E-state index in [9.17, 15) is 4.79 Å². The summed E-state index contributed by atoms with van der Waals surface area (Å²) in [4.78, 5) is 12.0. The second-order valence-electron chi connectivity index (χ2n) is 5.26. The van der Waals surface area contributed by atoms with Gasteiger partial charge >= 0.3 is 0 Å². The van der Waals surface area contributed by atoms with Crippen molar-refractivity contribution < 1.29 is 9.53 Å². The minimum Gasteiger partial charge on any atom is -0.479 e. The molecule has 0 heterocycles. The van der Waals surface area contributed by atoms with Gasteiger partial charge in [0.25, 0.3) is 5.91 Å². The van der Waals surface area contributed by atoms with Crippen molar-refractivity contribution in [3.8, 4) is 5.75 Å². The number of halogens is 1. The number of thioether (sulfide) groups is 1. The highest BCUT2D eigenvalue weighted by atomic mass is 35.5. The lowest BCUT2D eigenvalue weighted by molar-refractivity contribution is -0.127. The molecule has 0 aromatic heterocycles. The van der Waals surface area contributed by atoms with E-state index in [2.05, 4.69) is 5.32 Å². The predicted molar refractivity (Wildman–Crippen MR) is 89.3 cm³/mol. The van der Waals surface area contributed by atoms with Gasteiger partial charge in [0.05, 0.1) is 5.02 Å². The third-order valence-electron chi connectivity index (χ3n) is 3.57. The molecule has 1 aliphatic carbocycles. The fourth-order valence-electron chi connectivity index (χ4n) is 2.38. The molecule has 3 nitrogen and oxygen atoms in total. The molecule has 0 bridgehead atoms. The van der Waals surface area contributed by atoms with E-state index in [1.54, 1.807) is 19.1 Å². The Kier molecular flexibility index (Phi) is 6.71. The van der Waals surface area contributed by atoms with Crippen LogP contribution in [0.3, 0.4) is 0 Å². The molecule has 1 saturated carbocycles. The Bertz CT molecular complexity index is 463. The lowest BCUT2D eigenvalue weighted by Gasteiger charge is -2.16. The minimum atomic E-state index is -0.540. The molecule has 1 N–H and O–H groups in total. The normalized spacial score (nSPS) is 16.7. The Morgan fingerprint density at radius 1 is 1.43 bits per heavy atom. The highest BCUT2D eigenvalue weighted by molar-refractivity contribution is 7.99. The van der Waals surface area contributed by atoms with Crippen molar-refractivity contribution in [3.05, 3.63) is 29.3 Å². The van der Waals surface area contributed by atoms with Crippen LogP contribution in [0.5, 0.6) is 5.75 Å². The molecular weight excluding hydrogens is 306 g/mol. The molecule has 0 aliphatic heterocycles. The maximum atomic E-state index is 12.0. The van der Waals surface area contributed by atoms with Gasteiger partial charge in [-0.3, -0.25) is 4.79 Å². The zero-order valence-electron chi connectivity index (χ0n) is 12.3. The van der Waals surface area contributed by atoms with E-state index in [4.69, 9.17) is 16.3 Å². The van der Waals surface area contributed by atoms with Crippen molar-refractivity contribution in [2.75, 3.05) is 12.3 Å². The zero-order chi connectivity index (χ0) is 15.1. The smallest absolute Gasteiger partial charge is 0.260 e. The van der Waals surface area contributed by atoms with Crippen LogP contribution in [-0.4, -0.2) is 29.6 Å². The van der Waals surface area contributed by atoms with Crippen LogP contribution in [-0.2, 0) is 4.79 Å². The Morgan fingerprint density at radius 3 is 2.86 bits per heavy atom. The highest BCUT2D eigenvalue weighted by Crippen LogP contribution is 2.29. The van der Waals surface area contributed by atoms with Gasteiger partial charge in [-0.15, -0.1) is 0 Å². The van der Waals surface area contributed by atoms with Crippen LogP contribution in [0.4, 0.5) is 0 Å². The molecule has 0 radical (unpaired) electrons. The standard InChI is InChI=1S/C16H22ClNO2S/c1-12(20-15-9-5-4-8-14(15)17)16(19)18-10-11-21-13-6-2-3-7-13/h4-5,8-9,12-13H,2-3,6-7,10-11H2,1H3,(H,18,19)/t12-/m0/s1. The fraction of sp³-hybridized carbons (Fsp3) is 0.562. The highest BCUT2D eigenvalue weighted by Gasteiger charge is 2.17. The molecule has 1 amide bonds. The van der Waals surface area contributed by atoms with Crippen LogP contribution in [0.15, 0.2) is 24.3 Å². The Labute approximate surface area is 135 Å². The quantitative estimate of drug-likeness (QED) is 0.772. The maximum Gasteiger partial charge on any atom is 0.260 e. The molecule has 2 rings (SSSR count). The molecule has 0 spiro atoms. The van der Waals surface area contributed by atoms with Gasteiger partial charge in [-0.05, 0) is 31.9 Å². The van der Waals surface area contributed by atoms with Gasteiger partial charge in [0.2, 0.25) is 0 Å². The first-order chi connectivity index (χ1) is 10.2. The first-order valence-electron chi connectivity index (χ1n) is 7.47. The van der Waals surface area contributed by atoms with Gasteiger partial charge in [-0.1, -0.05) is 36.6 Å². The van der Waals surface area contributed by atoms with E-state index in [0.717, 1.165) is 11.0 Å².